The van der Waals surface area contributed by atoms with Gasteiger partial charge in [0, 0.05) is 50.5 Å². The maximum absolute atomic E-state index is 12.5. The lowest BCUT2D eigenvalue weighted by atomic mass is 9.84. The van der Waals surface area contributed by atoms with Crippen molar-refractivity contribution in [2.75, 3.05) is 26.2 Å². The van der Waals surface area contributed by atoms with Crippen LogP contribution < -0.4 is 16.1 Å². The molecule has 156 valence electrons. The molecule has 0 bridgehead atoms. The van der Waals surface area contributed by atoms with Crippen molar-refractivity contribution in [3.63, 3.8) is 0 Å². The van der Waals surface area contributed by atoms with Crippen LogP contribution in [-0.4, -0.2) is 60.0 Å². The van der Waals surface area contributed by atoms with E-state index in [4.69, 9.17) is 5.21 Å². The Morgan fingerprint density at radius 3 is 2.90 bits per heavy atom. The number of likely N-dealkylation sites (tertiary alicyclic amines) is 1. The summed E-state index contributed by atoms with van der Waals surface area (Å²) in [4.78, 5) is 37.3. The first-order chi connectivity index (χ1) is 14.1. The Kier molecular flexibility index (Phi) is 7.37. The molecule has 0 spiro atoms. The topological polar surface area (TPSA) is 111 Å². The van der Waals surface area contributed by atoms with Gasteiger partial charge in [-0.25, -0.2) is 5.48 Å². The number of amides is 3. The van der Waals surface area contributed by atoms with Gasteiger partial charge >= 0.3 is 0 Å². The summed E-state index contributed by atoms with van der Waals surface area (Å²) in [6.45, 7) is 2.74. The fourth-order valence-corrected chi connectivity index (χ4v) is 4.02. The van der Waals surface area contributed by atoms with Crippen LogP contribution in [0.5, 0.6) is 0 Å². The van der Waals surface area contributed by atoms with E-state index in [1.807, 2.05) is 24.3 Å². The van der Waals surface area contributed by atoms with Gasteiger partial charge in [-0.1, -0.05) is 24.3 Å². The third kappa shape index (κ3) is 5.65. The summed E-state index contributed by atoms with van der Waals surface area (Å²) >= 11 is 0. The van der Waals surface area contributed by atoms with E-state index < -0.39 is 5.91 Å². The molecule has 0 aliphatic carbocycles. The summed E-state index contributed by atoms with van der Waals surface area (Å²) in [5.74, 6) is -0.457. The highest BCUT2D eigenvalue weighted by Crippen LogP contribution is 2.28. The predicted octanol–water partition coefficient (Wildman–Crippen LogP) is 0.779. The minimum Gasteiger partial charge on any atom is -0.353 e. The summed E-state index contributed by atoms with van der Waals surface area (Å²) in [6.07, 6.45) is 5.49. The number of carbonyl (C=O) groups excluding carboxylic acids is 3. The molecule has 2 heterocycles. The van der Waals surface area contributed by atoms with Gasteiger partial charge < -0.3 is 15.5 Å². The minimum atomic E-state index is -0.595. The molecule has 0 saturated carbocycles. The van der Waals surface area contributed by atoms with Gasteiger partial charge in [-0.2, -0.15) is 0 Å². The summed E-state index contributed by atoms with van der Waals surface area (Å²) in [5.41, 5.74) is 3.48. The minimum absolute atomic E-state index is 0.0285. The number of rotatable bonds is 7. The Balaban J connectivity index is 1.66. The Morgan fingerprint density at radius 2 is 2.14 bits per heavy atom. The average molecular weight is 400 g/mol. The van der Waals surface area contributed by atoms with E-state index in [9.17, 15) is 14.4 Å². The predicted molar refractivity (Wildman–Crippen MR) is 108 cm³/mol. The monoisotopic (exact) mass is 400 g/mol. The van der Waals surface area contributed by atoms with Gasteiger partial charge in [0.2, 0.25) is 11.8 Å². The van der Waals surface area contributed by atoms with E-state index in [-0.39, 0.29) is 23.8 Å². The zero-order valence-electron chi connectivity index (χ0n) is 16.4. The molecule has 0 radical (unpaired) electrons. The largest absolute Gasteiger partial charge is 0.353 e. The average Bonchev–Trinajstić information content (AvgIpc) is 3.16. The van der Waals surface area contributed by atoms with Gasteiger partial charge in [-0.15, -0.1) is 0 Å². The van der Waals surface area contributed by atoms with Gasteiger partial charge in [0.05, 0.1) is 0 Å². The van der Waals surface area contributed by atoms with Gasteiger partial charge in [0.1, 0.15) is 0 Å². The highest BCUT2D eigenvalue weighted by molar-refractivity contribution is 5.91. The summed E-state index contributed by atoms with van der Waals surface area (Å²) in [6, 6.07) is 7.70. The van der Waals surface area contributed by atoms with Crippen molar-refractivity contribution in [3.8, 4) is 0 Å². The van der Waals surface area contributed by atoms with Crippen LogP contribution in [0.1, 0.15) is 42.7 Å². The molecule has 29 heavy (non-hydrogen) atoms. The molecule has 2 saturated heterocycles. The molecule has 2 aliphatic rings. The lowest BCUT2D eigenvalue weighted by molar-refractivity contribution is -0.128. The van der Waals surface area contributed by atoms with Crippen LogP contribution in [0.25, 0.3) is 6.08 Å². The molecule has 3 amide bonds. The molecular weight excluding hydrogens is 372 g/mol. The first kappa shape index (κ1) is 21.0. The maximum Gasteiger partial charge on any atom is 0.267 e. The molecule has 2 aliphatic heterocycles. The second-order valence-corrected chi connectivity index (χ2v) is 7.45. The second kappa shape index (κ2) is 10.2. The third-order valence-electron chi connectivity index (χ3n) is 5.53. The van der Waals surface area contributed by atoms with Gasteiger partial charge in [0.15, 0.2) is 0 Å². The van der Waals surface area contributed by atoms with Crippen molar-refractivity contribution < 1.29 is 19.6 Å². The fraction of sp³-hybridized carbons (Fsp3) is 0.476. The number of nitrogens with zero attached hydrogens (tertiary/aromatic N) is 1. The number of hydrogen-bond acceptors (Lipinski definition) is 5. The van der Waals surface area contributed by atoms with E-state index in [0.717, 1.165) is 37.1 Å². The van der Waals surface area contributed by atoms with Crippen LogP contribution in [0.4, 0.5) is 0 Å². The standard InChI is InChI=1S/C21H28N4O4/c26-19(10-13-25-12-3-6-21(25)28)23-18-9-11-22-14-17(18)16-5-2-1-4-15(16)7-8-20(27)24-29/h1-2,4-5,7-8,17-18,22,29H,3,6,9-14H2,(H,23,26)(H,24,27)/b8-7+. The molecule has 1 aromatic carbocycles. The number of hydrogen-bond donors (Lipinski definition) is 4. The Bertz CT molecular complexity index is 780. The maximum atomic E-state index is 12.5. The Morgan fingerprint density at radius 1 is 1.31 bits per heavy atom. The molecule has 4 N–H and O–H groups in total. The number of hydroxylamine groups is 1. The molecule has 0 aromatic heterocycles. The number of nitrogens with one attached hydrogen (secondary N) is 3. The highest BCUT2D eigenvalue weighted by atomic mass is 16.5. The van der Waals surface area contributed by atoms with Crippen molar-refractivity contribution in [2.45, 2.75) is 37.6 Å². The van der Waals surface area contributed by atoms with Crippen LogP contribution in [0.15, 0.2) is 30.3 Å². The van der Waals surface area contributed by atoms with E-state index in [0.29, 0.717) is 25.9 Å². The summed E-state index contributed by atoms with van der Waals surface area (Å²) in [7, 11) is 0. The SMILES string of the molecule is O=C(/C=C/c1ccccc1C1CNCCC1NC(=O)CCN1CCCC1=O)NO. The van der Waals surface area contributed by atoms with Crippen LogP contribution in [0.2, 0.25) is 0 Å². The van der Waals surface area contributed by atoms with Crippen molar-refractivity contribution in [1.82, 2.24) is 21.0 Å². The summed E-state index contributed by atoms with van der Waals surface area (Å²) < 4.78 is 0. The Hall–Kier alpha value is -2.71. The van der Waals surface area contributed by atoms with Crippen molar-refractivity contribution in [3.05, 3.63) is 41.5 Å². The van der Waals surface area contributed by atoms with Crippen molar-refractivity contribution in [1.29, 1.82) is 0 Å². The number of benzene rings is 1. The van der Waals surface area contributed by atoms with E-state index in [1.165, 1.54) is 6.08 Å². The summed E-state index contributed by atoms with van der Waals surface area (Å²) in [5, 5.41) is 15.2. The van der Waals surface area contributed by atoms with E-state index >= 15 is 0 Å². The van der Waals surface area contributed by atoms with E-state index in [1.54, 1.807) is 16.5 Å². The smallest absolute Gasteiger partial charge is 0.267 e. The highest BCUT2D eigenvalue weighted by Gasteiger charge is 2.29. The zero-order valence-corrected chi connectivity index (χ0v) is 16.4. The Labute approximate surface area is 170 Å². The van der Waals surface area contributed by atoms with Crippen LogP contribution in [-0.2, 0) is 14.4 Å². The zero-order chi connectivity index (χ0) is 20.6. The molecule has 2 atom stereocenters. The lowest BCUT2D eigenvalue weighted by Gasteiger charge is -2.34. The van der Waals surface area contributed by atoms with Crippen molar-refractivity contribution in [2.24, 2.45) is 0 Å². The van der Waals surface area contributed by atoms with Crippen LogP contribution in [0.3, 0.4) is 0 Å². The lowest BCUT2D eigenvalue weighted by Crippen LogP contribution is -2.48. The second-order valence-electron chi connectivity index (χ2n) is 7.45. The molecule has 3 rings (SSSR count). The first-order valence-corrected chi connectivity index (χ1v) is 10.1. The van der Waals surface area contributed by atoms with Crippen molar-refractivity contribution >= 4 is 23.8 Å². The van der Waals surface area contributed by atoms with E-state index in [2.05, 4.69) is 10.6 Å². The quantitative estimate of drug-likeness (QED) is 0.307. The third-order valence-corrected chi connectivity index (χ3v) is 5.53. The molecule has 2 fully saturated rings. The van der Waals surface area contributed by atoms with Gasteiger partial charge in [-0.05, 0) is 36.6 Å². The first-order valence-electron chi connectivity index (χ1n) is 10.1. The molecule has 2 unspecified atom stereocenters. The molecule has 8 nitrogen and oxygen atoms in total. The van der Waals surface area contributed by atoms with Gasteiger partial charge in [0.25, 0.3) is 5.91 Å². The molecular formula is C21H28N4O4. The number of carbonyl (C=O) groups is 3. The molecule has 1 aromatic rings. The van der Waals surface area contributed by atoms with Gasteiger partial charge in [-0.3, -0.25) is 19.6 Å². The van der Waals surface area contributed by atoms with Crippen LogP contribution >= 0.6 is 0 Å². The number of piperidine rings is 1. The van der Waals surface area contributed by atoms with Crippen LogP contribution in [0, 0.1) is 0 Å². The fourth-order valence-electron chi connectivity index (χ4n) is 4.02. The normalized spacial score (nSPS) is 22.1. The molecule has 8 heteroatoms.